The van der Waals surface area contributed by atoms with E-state index in [1.165, 1.54) is 5.56 Å². The Balaban J connectivity index is 2.37. The lowest BCUT2D eigenvalue weighted by molar-refractivity contribution is -0.139. The molecule has 0 heterocycles. The minimum absolute atomic E-state index is 0.207. The lowest BCUT2D eigenvalue weighted by atomic mass is 10.0. The van der Waals surface area contributed by atoms with Crippen molar-refractivity contribution in [3.63, 3.8) is 0 Å². The molecule has 5 heteroatoms. The van der Waals surface area contributed by atoms with Crippen LogP contribution in [0.5, 0.6) is 0 Å². The number of carboxylic acids is 1. The fourth-order valence-corrected chi connectivity index (χ4v) is 2.09. The van der Waals surface area contributed by atoms with Crippen LogP contribution in [-0.4, -0.2) is 29.7 Å². The number of carbonyl (C=O) groups excluding carboxylic acids is 1. The number of aliphatic carboxylic acids is 1. The van der Waals surface area contributed by atoms with Gasteiger partial charge in [-0.15, -0.1) is 0 Å². The first-order chi connectivity index (χ1) is 9.88. The third-order valence-corrected chi connectivity index (χ3v) is 3.09. The Bertz CT molecular complexity index is 486. The van der Waals surface area contributed by atoms with E-state index in [9.17, 15) is 9.59 Å². The van der Waals surface area contributed by atoms with E-state index in [1.54, 1.807) is 0 Å². The molecule has 0 aliphatic heterocycles. The lowest BCUT2D eigenvalue weighted by Crippen LogP contribution is -2.47. The van der Waals surface area contributed by atoms with Gasteiger partial charge in [-0.3, -0.25) is 0 Å². The van der Waals surface area contributed by atoms with Gasteiger partial charge in [0.05, 0.1) is 0 Å². The molecule has 0 saturated carbocycles. The fourth-order valence-electron chi connectivity index (χ4n) is 2.09. The largest absolute Gasteiger partial charge is 0.480 e. The summed E-state index contributed by atoms with van der Waals surface area (Å²) in [5, 5.41) is 14.3. The first-order valence-corrected chi connectivity index (χ1v) is 7.21. The van der Waals surface area contributed by atoms with Gasteiger partial charge < -0.3 is 15.7 Å². The molecule has 2 amide bonds. The summed E-state index contributed by atoms with van der Waals surface area (Å²) in [6.07, 6.45) is 1.14. The number of carboxylic acid groups (broad SMARTS) is 1. The Morgan fingerprint density at radius 2 is 2.00 bits per heavy atom. The Kier molecular flexibility index (Phi) is 6.72. The first kappa shape index (κ1) is 17.0. The van der Waals surface area contributed by atoms with Crippen molar-refractivity contribution in [1.82, 2.24) is 10.6 Å². The van der Waals surface area contributed by atoms with Crippen molar-refractivity contribution in [3.8, 4) is 0 Å². The molecular weight excluding hydrogens is 268 g/mol. The molecule has 0 spiro atoms. The van der Waals surface area contributed by atoms with Crippen LogP contribution in [0.2, 0.25) is 0 Å². The number of amides is 2. The van der Waals surface area contributed by atoms with E-state index in [0.717, 1.165) is 12.0 Å². The minimum Gasteiger partial charge on any atom is -0.480 e. The van der Waals surface area contributed by atoms with Crippen molar-refractivity contribution in [1.29, 1.82) is 0 Å². The van der Waals surface area contributed by atoms with Gasteiger partial charge in [-0.05, 0) is 31.2 Å². The highest BCUT2D eigenvalue weighted by molar-refractivity contribution is 5.82. The second kappa shape index (κ2) is 8.29. The number of aryl methyl sites for hydroxylation is 1. The summed E-state index contributed by atoms with van der Waals surface area (Å²) >= 11 is 0. The lowest BCUT2D eigenvalue weighted by Gasteiger charge is -2.17. The summed E-state index contributed by atoms with van der Waals surface area (Å²) < 4.78 is 0. The summed E-state index contributed by atoms with van der Waals surface area (Å²) in [7, 11) is 0. The monoisotopic (exact) mass is 292 g/mol. The number of hydrogen-bond donors (Lipinski definition) is 3. The predicted molar refractivity (Wildman–Crippen MR) is 82.3 cm³/mol. The maximum Gasteiger partial charge on any atom is 0.326 e. The Morgan fingerprint density at radius 3 is 2.57 bits per heavy atom. The molecule has 0 fully saturated rings. The van der Waals surface area contributed by atoms with E-state index in [4.69, 9.17) is 5.11 Å². The van der Waals surface area contributed by atoms with Gasteiger partial charge in [-0.2, -0.15) is 0 Å². The number of hydrogen-bond acceptors (Lipinski definition) is 2. The highest BCUT2D eigenvalue weighted by Crippen LogP contribution is 2.05. The van der Waals surface area contributed by atoms with Gasteiger partial charge in [0.2, 0.25) is 0 Å². The van der Waals surface area contributed by atoms with E-state index in [2.05, 4.69) is 16.7 Å². The molecule has 21 heavy (non-hydrogen) atoms. The zero-order valence-electron chi connectivity index (χ0n) is 12.8. The summed E-state index contributed by atoms with van der Waals surface area (Å²) in [6.45, 7) is 6.34. The van der Waals surface area contributed by atoms with Crippen molar-refractivity contribution in [2.45, 2.75) is 39.7 Å². The second-order valence-corrected chi connectivity index (χ2v) is 5.66. The second-order valence-electron chi connectivity index (χ2n) is 5.66. The van der Waals surface area contributed by atoms with Gasteiger partial charge in [0.25, 0.3) is 0 Å². The molecule has 0 aliphatic rings. The zero-order chi connectivity index (χ0) is 15.8. The smallest absolute Gasteiger partial charge is 0.326 e. The molecule has 116 valence electrons. The number of urea groups is 1. The van der Waals surface area contributed by atoms with E-state index in [0.29, 0.717) is 13.0 Å². The number of nitrogens with one attached hydrogen (secondary N) is 2. The molecular formula is C16H24N2O3. The highest BCUT2D eigenvalue weighted by atomic mass is 16.4. The summed E-state index contributed by atoms with van der Waals surface area (Å²) in [6, 6.07) is 6.80. The molecule has 1 atom stereocenters. The molecule has 0 radical (unpaired) electrons. The van der Waals surface area contributed by atoms with Gasteiger partial charge in [0.1, 0.15) is 6.04 Å². The number of benzene rings is 1. The summed E-state index contributed by atoms with van der Waals surface area (Å²) in [5.41, 5.74) is 2.33. The van der Waals surface area contributed by atoms with Crippen LogP contribution in [0.4, 0.5) is 4.79 Å². The van der Waals surface area contributed by atoms with Gasteiger partial charge in [-0.25, -0.2) is 9.59 Å². The van der Waals surface area contributed by atoms with Crippen LogP contribution in [0.3, 0.4) is 0 Å². The molecule has 0 unspecified atom stereocenters. The standard InChI is InChI=1S/C16H24N2O3/c1-11(2)9-14(15(19)20)18-16(21)17-8-7-13-6-4-5-12(3)10-13/h4-6,10-11,14H,7-9H2,1-3H3,(H,19,20)(H2,17,18,21)/t14-/m0/s1. The van der Waals surface area contributed by atoms with Crippen molar-refractivity contribution in [3.05, 3.63) is 35.4 Å². The van der Waals surface area contributed by atoms with Crippen LogP contribution in [0.25, 0.3) is 0 Å². The summed E-state index contributed by atoms with van der Waals surface area (Å²) in [5.74, 6) is -0.795. The quantitative estimate of drug-likeness (QED) is 0.721. The fraction of sp³-hybridized carbons (Fsp3) is 0.500. The first-order valence-electron chi connectivity index (χ1n) is 7.21. The third-order valence-electron chi connectivity index (χ3n) is 3.09. The maximum absolute atomic E-state index is 11.7. The van der Waals surface area contributed by atoms with E-state index >= 15 is 0 Å². The van der Waals surface area contributed by atoms with Crippen LogP contribution in [0.15, 0.2) is 24.3 Å². The molecule has 0 bridgehead atoms. The molecule has 1 rings (SSSR count). The van der Waals surface area contributed by atoms with Crippen molar-refractivity contribution in [2.24, 2.45) is 5.92 Å². The van der Waals surface area contributed by atoms with E-state index in [-0.39, 0.29) is 5.92 Å². The Labute approximate surface area is 125 Å². The predicted octanol–water partition coefficient (Wildman–Crippen LogP) is 2.34. The number of rotatable bonds is 7. The van der Waals surface area contributed by atoms with Crippen molar-refractivity contribution in [2.75, 3.05) is 6.54 Å². The SMILES string of the molecule is Cc1cccc(CCNC(=O)N[C@@H](CC(C)C)C(=O)O)c1. The van der Waals surface area contributed by atoms with Gasteiger partial charge in [0, 0.05) is 6.54 Å². The minimum atomic E-state index is -1.00. The average molecular weight is 292 g/mol. The molecule has 5 nitrogen and oxygen atoms in total. The van der Waals surface area contributed by atoms with Crippen molar-refractivity contribution >= 4 is 12.0 Å². The molecule has 1 aromatic carbocycles. The third kappa shape index (κ3) is 6.79. The Hall–Kier alpha value is -2.04. The molecule has 0 aliphatic carbocycles. The topological polar surface area (TPSA) is 78.4 Å². The van der Waals surface area contributed by atoms with Crippen LogP contribution >= 0.6 is 0 Å². The Morgan fingerprint density at radius 1 is 1.29 bits per heavy atom. The molecule has 1 aromatic rings. The average Bonchev–Trinajstić information content (AvgIpc) is 2.37. The van der Waals surface area contributed by atoms with Crippen LogP contribution < -0.4 is 10.6 Å². The zero-order valence-corrected chi connectivity index (χ0v) is 12.8. The van der Waals surface area contributed by atoms with Crippen LogP contribution in [0.1, 0.15) is 31.4 Å². The van der Waals surface area contributed by atoms with Crippen molar-refractivity contribution < 1.29 is 14.7 Å². The molecule has 3 N–H and O–H groups in total. The molecule has 0 saturated heterocycles. The van der Waals surface area contributed by atoms with Gasteiger partial charge >= 0.3 is 12.0 Å². The maximum atomic E-state index is 11.7. The normalized spacial score (nSPS) is 12.0. The van der Waals surface area contributed by atoms with Gasteiger partial charge in [-0.1, -0.05) is 43.7 Å². The van der Waals surface area contributed by atoms with Crippen LogP contribution in [0, 0.1) is 12.8 Å². The molecule has 0 aromatic heterocycles. The van der Waals surface area contributed by atoms with Crippen LogP contribution in [-0.2, 0) is 11.2 Å². The van der Waals surface area contributed by atoms with Gasteiger partial charge in [0.15, 0.2) is 0 Å². The van der Waals surface area contributed by atoms with E-state index in [1.807, 2.05) is 39.0 Å². The van der Waals surface area contributed by atoms with E-state index < -0.39 is 18.0 Å². The summed E-state index contributed by atoms with van der Waals surface area (Å²) in [4.78, 5) is 22.8. The highest BCUT2D eigenvalue weighted by Gasteiger charge is 2.20. The number of carbonyl (C=O) groups is 2.